The molecule has 1 amide bonds. The number of carbonyl (C=O) groups is 1. The quantitative estimate of drug-likeness (QED) is 0.559. The SMILES string of the molecule is COc1ccc([C@@H](C)OC(=O)Nc2c(C)noc2-c2ccc(Br)cc2)cc1. The Morgan fingerprint density at radius 2 is 1.81 bits per heavy atom. The molecule has 0 aliphatic carbocycles. The van der Waals surface area contributed by atoms with Crippen LogP contribution in [0, 0.1) is 6.92 Å². The Bertz CT molecular complexity index is 920. The van der Waals surface area contributed by atoms with E-state index >= 15 is 0 Å². The highest BCUT2D eigenvalue weighted by atomic mass is 79.9. The average Bonchev–Trinajstić information content (AvgIpc) is 3.03. The van der Waals surface area contributed by atoms with Crippen LogP contribution in [0.4, 0.5) is 10.5 Å². The van der Waals surface area contributed by atoms with Gasteiger partial charge in [-0.2, -0.15) is 0 Å². The fraction of sp³-hybridized carbons (Fsp3) is 0.200. The number of nitrogens with one attached hydrogen (secondary N) is 1. The zero-order valence-corrected chi connectivity index (χ0v) is 16.7. The third kappa shape index (κ3) is 4.49. The second-order valence-electron chi connectivity index (χ2n) is 5.92. The minimum absolute atomic E-state index is 0.424. The molecule has 27 heavy (non-hydrogen) atoms. The van der Waals surface area contributed by atoms with Gasteiger partial charge in [-0.25, -0.2) is 4.79 Å². The topological polar surface area (TPSA) is 73.6 Å². The van der Waals surface area contributed by atoms with E-state index in [1.165, 1.54) is 0 Å². The molecule has 6 nitrogen and oxygen atoms in total. The van der Waals surface area contributed by atoms with E-state index in [4.69, 9.17) is 14.0 Å². The van der Waals surface area contributed by atoms with Crippen LogP contribution < -0.4 is 10.1 Å². The maximum Gasteiger partial charge on any atom is 0.412 e. The van der Waals surface area contributed by atoms with Gasteiger partial charge >= 0.3 is 6.09 Å². The molecule has 0 saturated heterocycles. The lowest BCUT2D eigenvalue weighted by atomic mass is 10.1. The lowest BCUT2D eigenvalue weighted by molar-refractivity contribution is 0.121. The van der Waals surface area contributed by atoms with Crippen molar-refractivity contribution < 1.29 is 18.8 Å². The summed E-state index contributed by atoms with van der Waals surface area (Å²) in [5, 5.41) is 6.70. The number of benzene rings is 2. The Hall–Kier alpha value is -2.80. The zero-order valence-electron chi connectivity index (χ0n) is 15.2. The number of methoxy groups -OCH3 is 1. The number of halogens is 1. The molecule has 0 radical (unpaired) electrons. The van der Waals surface area contributed by atoms with Gasteiger partial charge in [-0.05, 0) is 55.8 Å². The molecule has 0 spiro atoms. The standard InChI is InChI=1S/C20H19BrN2O4/c1-12-18(19(27-23-12)15-4-8-16(21)9-5-15)22-20(24)26-13(2)14-6-10-17(25-3)11-7-14/h4-11,13H,1-3H3,(H,22,24)/t13-/m1/s1. The van der Waals surface area contributed by atoms with E-state index in [0.717, 1.165) is 21.3 Å². The Morgan fingerprint density at radius 1 is 1.15 bits per heavy atom. The summed E-state index contributed by atoms with van der Waals surface area (Å²) in [5.74, 6) is 1.23. The number of nitrogens with zero attached hydrogens (tertiary/aromatic N) is 1. The Balaban J connectivity index is 1.72. The van der Waals surface area contributed by atoms with Crippen LogP contribution in [-0.2, 0) is 4.74 Å². The predicted octanol–water partition coefficient (Wildman–Crippen LogP) is 5.73. The van der Waals surface area contributed by atoms with Gasteiger partial charge in [0.2, 0.25) is 0 Å². The van der Waals surface area contributed by atoms with Gasteiger partial charge < -0.3 is 14.0 Å². The van der Waals surface area contributed by atoms with Gasteiger partial charge in [0.25, 0.3) is 0 Å². The second-order valence-corrected chi connectivity index (χ2v) is 6.84. The lowest BCUT2D eigenvalue weighted by Crippen LogP contribution is -2.16. The van der Waals surface area contributed by atoms with Crippen molar-refractivity contribution in [1.82, 2.24) is 5.16 Å². The maximum atomic E-state index is 12.4. The molecule has 0 bridgehead atoms. The number of ether oxygens (including phenoxy) is 2. The molecule has 3 rings (SSSR count). The molecule has 2 aromatic carbocycles. The van der Waals surface area contributed by atoms with Gasteiger partial charge in [0, 0.05) is 10.0 Å². The van der Waals surface area contributed by atoms with Crippen molar-refractivity contribution in [3.8, 4) is 17.1 Å². The third-order valence-corrected chi connectivity index (χ3v) is 4.59. The molecule has 1 aromatic heterocycles. The van der Waals surface area contributed by atoms with Gasteiger partial charge in [-0.15, -0.1) is 0 Å². The highest BCUT2D eigenvalue weighted by Gasteiger charge is 2.19. The van der Waals surface area contributed by atoms with Crippen molar-refractivity contribution in [2.45, 2.75) is 20.0 Å². The predicted molar refractivity (Wildman–Crippen MR) is 106 cm³/mol. The molecule has 1 N–H and O–H groups in total. The van der Waals surface area contributed by atoms with E-state index in [-0.39, 0.29) is 0 Å². The molecule has 1 heterocycles. The first-order chi connectivity index (χ1) is 13.0. The summed E-state index contributed by atoms with van der Waals surface area (Å²) in [7, 11) is 1.60. The van der Waals surface area contributed by atoms with Crippen molar-refractivity contribution >= 4 is 27.7 Å². The minimum Gasteiger partial charge on any atom is -0.497 e. The van der Waals surface area contributed by atoms with E-state index in [2.05, 4.69) is 26.4 Å². The number of aromatic nitrogens is 1. The van der Waals surface area contributed by atoms with E-state index < -0.39 is 12.2 Å². The van der Waals surface area contributed by atoms with Crippen molar-refractivity contribution in [3.05, 3.63) is 64.3 Å². The molecule has 0 aliphatic heterocycles. The maximum absolute atomic E-state index is 12.4. The van der Waals surface area contributed by atoms with Crippen LogP contribution in [0.25, 0.3) is 11.3 Å². The van der Waals surface area contributed by atoms with E-state index in [9.17, 15) is 4.79 Å². The zero-order chi connectivity index (χ0) is 19.4. The number of rotatable bonds is 5. The molecule has 140 valence electrons. The van der Waals surface area contributed by atoms with Gasteiger partial charge in [-0.3, -0.25) is 5.32 Å². The summed E-state index contributed by atoms with van der Waals surface area (Å²) in [5.41, 5.74) is 2.73. The number of hydrogen-bond donors (Lipinski definition) is 1. The van der Waals surface area contributed by atoms with Crippen LogP contribution >= 0.6 is 15.9 Å². The van der Waals surface area contributed by atoms with Crippen LogP contribution in [0.2, 0.25) is 0 Å². The number of hydrogen-bond acceptors (Lipinski definition) is 5. The largest absolute Gasteiger partial charge is 0.497 e. The summed E-state index contributed by atoms with van der Waals surface area (Å²) in [6.45, 7) is 3.56. The van der Waals surface area contributed by atoms with E-state index in [0.29, 0.717) is 17.1 Å². The molecule has 3 aromatic rings. The van der Waals surface area contributed by atoms with Crippen LogP contribution in [0.5, 0.6) is 5.75 Å². The van der Waals surface area contributed by atoms with Crippen molar-refractivity contribution in [2.75, 3.05) is 12.4 Å². The first-order valence-corrected chi connectivity index (χ1v) is 9.11. The highest BCUT2D eigenvalue weighted by Crippen LogP contribution is 2.32. The Morgan fingerprint density at radius 3 is 2.44 bits per heavy atom. The number of anilines is 1. The molecule has 0 fully saturated rings. The van der Waals surface area contributed by atoms with Crippen molar-refractivity contribution in [2.24, 2.45) is 0 Å². The molecule has 0 saturated carbocycles. The lowest BCUT2D eigenvalue weighted by Gasteiger charge is -2.14. The molecule has 0 aliphatic rings. The number of amides is 1. The van der Waals surface area contributed by atoms with Crippen LogP contribution in [-0.4, -0.2) is 18.4 Å². The molecule has 7 heteroatoms. The Kier molecular flexibility index (Phi) is 5.81. The summed E-state index contributed by atoms with van der Waals surface area (Å²) in [6.07, 6.45) is -1.00. The average molecular weight is 431 g/mol. The molecule has 0 unspecified atom stereocenters. The minimum atomic E-state index is -0.581. The second kappa shape index (κ2) is 8.26. The van der Waals surface area contributed by atoms with Crippen molar-refractivity contribution in [1.29, 1.82) is 0 Å². The summed E-state index contributed by atoms with van der Waals surface area (Å²) >= 11 is 3.40. The summed E-state index contributed by atoms with van der Waals surface area (Å²) < 4.78 is 17.0. The summed E-state index contributed by atoms with van der Waals surface area (Å²) in [4.78, 5) is 12.4. The number of aryl methyl sites for hydroxylation is 1. The van der Waals surface area contributed by atoms with Gasteiger partial charge in [0.15, 0.2) is 5.76 Å². The van der Waals surface area contributed by atoms with E-state index in [1.807, 2.05) is 48.5 Å². The fourth-order valence-corrected chi connectivity index (χ4v) is 2.81. The fourth-order valence-electron chi connectivity index (χ4n) is 2.55. The first kappa shape index (κ1) is 19.0. The Labute approximate surface area is 165 Å². The molecule has 1 atom stereocenters. The molecular weight excluding hydrogens is 412 g/mol. The van der Waals surface area contributed by atoms with Gasteiger partial charge in [0.05, 0.1) is 7.11 Å². The number of carbonyl (C=O) groups excluding carboxylic acids is 1. The summed E-state index contributed by atoms with van der Waals surface area (Å²) in [6, 6.07) is 14.9. The normalized spacial score (nSPS) is 11.7. The highest BCUT2D eigenvalue weighted by molar-refractivity contribution is 9.10. The first-order valence-electron chi connectivity index (χ1n) is 8.31. The van der Waals surface area contributed by atoms with E-state index in [1.54, 1.807) is 21.0 Å². The van der Waals surface area contributed by atoms with Crippen LogP contribution in [0.3, 0.4) is 0 Å². The van der Waals surface area contributed by atoms with Crippen molar-refractivity contribution in [3.63, 3.8) is 0 Å². The van der Waals surface area contributed by atoms with Crippen LogP contribution in [0.1, 0.15) is 24.3 Å². The molecular formula is C20H19BrN2O4. The van der Waals surface area contributed by atoms with Gasteiger partial charge in [0.1, 0.15) is 23.2 Å². The van der Waals surface area contributed by atoms with Gasteiger partial charge in [-0.1, -0.05) is 33.2 Å². The monoisotopic (exact) mass is 430 g/mol. The smallest absolute Gasteiger partial charge is 0.412 e. The van der Waals surface area contributed by atoms with Crippen LogP contribution in [0.15, 0.2) is 57.5 Å². The third-order valence-electron chi connectivity index (χ3n) is 4.07.